The third-order valence-electron chi connectivity index (χ3n) is 7.07. The van der Waals surface area contributed by atoms with Gasteiger partial charge in [0.25, 0.3) is 5.91 Å². The fourth-order valence-electron chi connectivity index (χ4n) is 5.23. The number of rotatable bonds is 5. The predicted octanol–water partition coefficient (Wildman–Crippen LogP) is 4.49. The number of nitrogens with zero attached hydrogens (tertiary/aromatic N) is 1. The summed E-state index contributed by atoms with van der Waals surface area (Å²) >= 11 is 0. The molecule has 0 N–H and O–H groups in total. The second-order valence-electron chi connectivity index (χ2n) is 9.19. The summed E-state index contributed by atoms with van der Waals surface area (Å²) in [5.74, 6) is 0.0415. The molecule has 172 valence electrons. The molecule has 2 aromatic carbocycles. The van der Waals surface area contributed by atoms with Gasteiger partial charge in [-0.1, -0.05) is 42.0 Å². The lowest BCUT2D eigenvalue weighted by molar-refractivity contribution is -0.136. The number of halogens is 1. The summed E-state index contributed by atoms with van der Waals surface area (Å²) < 4.78 is 25.5. The van der Waals surface area contributed by atoms with Crippen molar-refractivity contribution in [3.8, 4) is 5.75 Å². The lowest BCUT2D eigenvalue weighted by Crippen LogP contribution is -2.42. The van der Waals surface area contributed by atoms with E-state index in [2.05, 4.69) is 0 Å². The predicted molar refractivity (Wildman–Crippen MR) is 121 cm³/mol. The molecule has 0 spiro atoms. The summed E-state index contributed by atoms with van der Waals surface area (Å²) in [7, 11) is 1.63. The number of carbonyl (C=O) groups excluding carboxylic acids is 2. The van der Waals surface area contributed by atoms with E-state index in [0.29, 0.717) is 31.4 Å². The first kappa shape index (κ1) is 21.7. The van der Waals surface area contributed by atoms with Crippen LogP contribution in [0.2, 0.25) is 0 Å². The van der Waals surface area contributed by atoms with Gasteiger partial charge in [-0.15, -0.1) is 0 Å². The van der Waals surface area contributed by atoms with Gasteiger partial charge in [0.05, 0.1) is 24.6 Å². The molecule has 5 rings (SSSR count). The number of benzene rings is 2. The third kappa shape index (κ3) is 3.92. The van der Waals surface area contributed by atoms with Crippen molar-refractivity contribution in [2.45, 2.75) is 50.9 Å². The first-order chi connectivity index (χ1) is 16.0. The quantitative estimate of drug-likeness (QED) is 0.675. The highest BCUT2D eigenvalue weighted by atomic mass is 19.1. The molecule has 33 heavy (non-hydrogen) atoms. The molecule has 4 atom stereocenters. The number of ether oxygens (including phenoxy) is 2. The van der Waals surface area contributed by atoms with Crippen LogP contribution in [0.25, 0.3) is 0 Å². The molecular weight excluding hydrogens is 421 g/mol. The Hall–Kier alpha value is -3.15. The first-order valence-corrected chi connectivity index (χ1v) is 11.6. The Labute approximate surface area is 193 Å². The van der Waals surface area contributed by atoms with Crippen molar-refractivity contribution < 1.29 is 23.5 Å². The van der Waals surface area contributed by atoms with E-state index < -0.39 is 24.2 Å². The van der Waals surface area contributed by atoms with Gasteiger partial charge in [0.1, 0.15) is 18.0 Å². The van der Waals surface area contributed by atoms with Gasteiger partial charge in [0.15, 0.2) is 11.5 Å². The Bertz CT molecular complexity index is 1090. The molecule has 5 nitrogen and oxygen atoms in total. The number of carbonyl (C=O) groups is 2. The minimum atomic E-state index is -0.998. The lowest BCUT2D eigenvalue weighted by atomic mass is 9.77. The summed E-state index contributed by atoms with van der Waals surface area (Å²) in [6, 6.07) is 15.1. The molecular formula is C27H28FNO4. The topological polar surface area (TPSA) is 55.8 Å². The van der Waals surface area contributed by atoms with Crippen LogP contribution in [0.4, 0.5) is 4.39 Å². The third-order valence-corrected chi connectivity index (χ3v) is 7.07. The van der Waals surface area contributed by atoms with Crippen LogP contribution in [0.3, 0.4) is 0 Å². The SMILES string of the molecule is COc1ccc(CCN2C(=O)C3=C(C(=O)C4CC(F)CCC4O3)C2c2ccc(C)cc2)cc1. The van der Waals surface area contributed by atoms with Crippen LogP contribution in [0.1, 0.15) is 42.0 Å². The van der Waals surface area contributed by atoms with E-state index in [1.54, 1.807) is 12.0 Å². The number of hydrogen-bond acceptors (Lipinski definition) is 4. The van der Waals surface area contributed by atoms with Crippen molar-refractivity contribution in [2.75, 3.05) is 13.7 Å². The Balaban J connectivity index is 1.47. The normalized spacial score (nSPS) is 26.7. The molecule has 1 fully saturated rings. The average molecular weight is 450 g/mol. The van der Waals surface area contributed by atoms with Gasteiger partial charge < -0.3 is 14.4 Å². The van der Waals surface area contributed by atoms with E-state index in [9.17, 15) is 14.0 Å². The summed E-state index contributed by atoms with van der Waals surface area (Å²) in [5, 5.41) is 0. The molecule has 4 unspecified atom stereocenters. The maximum atomic E-state index is 14.1. The highest BCUT2D eigenvalue weighted by molar-refractivity contribution is 6.11. The zero-order valence-electron chi connectivity index (χ0n) is 18.9. The van der Waals surface area contributed by atoms with E-state index in [0.717, 1.165) is 22.4 Å². The number of Topliss-reactive ketones (excluding diaryl/α,β-unsaturated/α-hetero) is 1. The molecule has 2 heterocycles. The van der Waals surface area contributed by atoms with Crippen LogP contribution in [0, 0.1) is 12.8 Å². The summed E-state index contributed by atoms with van der Waals surface area (Å²) in [6.45, 7) is 2.44. The maximum Gasteiger partial charge on any atom is 0.290 e. The molecule has 0 saturated heterocycles. The molecule has 0 bridgehead atoms. The van der Waals surface area contributed by atoms with Gasteiger partial charge in [-0.2, -0.15) is 0 Å². The Morgan fingerprint density at radius 2 is 1.79 bits per heavy atom. The van der Waals surface area contributed by atoms with Crippen molar-refractivity contribution in [3.63, 3.8) is 0 Å². The Morgan fingerprint density at radius 1 is 1.06 bits per heavy atom. The number of hydrogen-bond donors (Lipinski definition) is 0. The fraction of sp³-hybridized carbons (Fsp3) is 0.407. The lowest BCUT2D eigenvalue weighted by Gasteiger charge is -2.36. The van der Waals surface area contributed by atoms with Gasteiger partial charge in [-0.3, -0.25) is 9.59 Å². The number of alkyl halides is 1. The summed E-state index contributed by atoms with van der Waals surface area (Å²) in [5.41, 5.74) is 3.43. The molecule has 1 amide bonds. The molecule has 2 aliphatic heterocycles. The van der Waals surface area contributed by atoms with E-state index in [-0.39, 0.29) is 23.9 Å². The van der Waals surface area contributed by atoms with E-state index in [1.165, 1.54) is 0 Å². The maximum absolute atomic E-state index is 14.1. The number of aryl methyl sites for hydroxylation is 1. The number of amides is 1. The van der Waals surface area contributed by atoms with Gasteiger partial charge in [-0.05, 0) is 55.9 Å². The van der Waals surface area contributed by atoms with E-state index in [4.69, 9.17) is 9.47 Å². The van der Waals surface area contributed by atoms with Crippen LogP contribution in [0.15, 0.2) is 59.9 Å². The molecule has 0 aromatic heterocycles. The zero-order valence-corrected chi connectivity index (χ0v) is 18.9. The van der Waals surface area contributed by atoms with Crippen LogP contribution in [-0.2, 0) is 20.7 Å². The monoisotopic (exact) mass is 449 g/mol. The Morgan fingerprint density at radius 3 is 2.48 bits per heavy atom. The van der Waals surface area contributed by atoms with Crippen LogP contribution < -0.4 is 4.74 Å². The van der Waals surface area contributed by atoms with E-state index >= 15 is 0 Å². The van der Waals surface area contributed by atoms with Crippen molar-refractivity contribution in [1.29, 1.82) is 0 Å². The second-order valence-corrected chi connectivity index (χ2v) is 9.19. The van der Waals surface area contributed by atoms with Crippen molar-refractivity contribution in [2.24, 2.45) is 5.92 Å². The molecule has 1 saturated carbocycles. The highest BCUT2D eigenvalue weighted by Gasteiger charge is 2.52. The van der Waals surface area contributed by atoms with Crippen molar-refractivity contribution in [3.05, 3.63) is 76.6 Å². The number of fused-ring (bicyclic) bond motifs is 1. The molecule has 1 aliphatic carbocycles. The van der Waals surface area contributed by atoms with Gasteiger partial charge in [0, 0.05) is 6.54 Å². The standard InChI is InChI=1S/C27H28FNO4/c1-16-3-7-18(8-4-16)24-23-25(30)21-15-19(28)9-12-22(21)33-26(23)27(31)29(24)14-13-17-5-10-20(32-2)11-6-17/h3-8,10-11,19,21-22,24H,9,12-15H2,1-2H3. The highest BCUT2D eigenvalue weighted by Crippen LogP contribution is 2.47. The number of methoxy groups -OCH3 is 1. The Kier molecular flexibility index (Phi) is 5.69. The average Bonchev–Trinajstić information content (AvgIpc) is 3.11. The van der Waals surface area contributed by atoms with Gasteiger partial charge >= 0.3 is 0 Å². The van der Waals surface area contributed by atoms with Crippen molar-refractivity contribution >= 4 is 11.7 Å². The molecule has 2 aromatic rings. The molecule has 0 radical (unpaired) electrons. The smallest absolute Gasteiger partial charge is 0.290 e. The minimum Gasteiger partial charge on any atom is -0.497 e. The minimum absolute atomic E-state index is 0.130. The van der Waals surface area contributed by atoms with Crippen LogP contribution in [-0.4, -0.2) is 42.5 Å². The van der Waals surface area contributed by atoms with E-state index in [1.807, 2.05) is 55.5 Å². The second kappa shape index (κ2) is 8.65. The largest absolute Gasteiger partial charge is 0.497 e. The van der Waals surface area contributed by atoms with Crippen LogP contribution >= 0.6 is 0 Å². The molecule has 6 heteroatoms. The van der Waals surface area contributed by atoms with Gasteiger partial charge in [-0.25, -0.2) is 4.39 Å². The molecule has 3 aliphatic rings. The zero-order chi connectivity index (χ0) is 23.1. The van der Waals surface area contributed by atoms with Crippen molar-refractivity contribution in [1.82, 2.24) is 4.90 Å². The summed E-state index contributed by atoms with van der Waals surface area (Å²) in [4.78, 5) is 28.8. The fourth-order valence-corrected chi connectivity index (χ4v) is 5.23. The van der Waals surface area contributed by atoms with Gasteiger partial charge in [0.2, 0.25) is 0 Å². The van der Waals surface area contributed by atoms with Crippen LogP contribution in [0.5, 0.6) is 5.75 Å². The summed E-state index contributed by atoms with van der Waals surface area (Å²) in [6.07, 6.45) is 0.221. The number of ketones is 1. The first-order valence-electron chi connectivity index (χ1n) is 11.6.